The molecule has 10 heteroatoms. The molecule has 162 valence electrons. The minimum Gasteiger partial charge on any atom is -0.297 e. The number of hydrogen-bond donors (Lipinski definition) is 0. The number of piperidine rings is 1. The number of rotatable bonds is 6. The van der Waals surface area contributed by atoms with Crippen LogP contribution in [0.4, 0.5) is 18.9 Å². The molecular formula is C19H25ClF3N3O2S. The molecule has 0 saturated carbocycles. The van der Waals surface area contributed by atoms with Gasteiger partial charge in [-0.15, -0.1) is 0 Å². The van der Waals surface area contributed by atoms with Crippen molar-refractivity contribution in [1.29, 1.82) is 0 Å². The van der Waals surface area contributed by atoms with Crippen molar-refractivity contribution < 1.29 is 21.6 Å². The summed E-state index contributed by atoms with van der Waals surface area (Å²) < 4.78 is 65.1. The normalized spacial score (nSPS) is 16.0. The molecule has 0 bridgehead atoms. The Bertz CT molecular complexity index is 888. The van der Waals surface area contributed by atoms with Gasteiger partial charge >= 0.3 is 15.5 Å². The topological polar surface area (TPSA) is 53.0 Å². The fourth-order valence-electron chi connectivity index (χ4n) is 2.98. The SMILES string of the molecule is CC(C)=CCN(c1ccc(Cl)cc1C(C)=NN1CCCCC1)S(=O)(=O)C(F)(F)F. The van der Waals surface area contributed by atoms with E-state index < -0.39 is 22.1 Å². The lowest BCUT2D eigenvalue weighted by molar-refractivity contribution is -0.0437. The lowest BCUT2D eigenvalue weighted by Crippen LogP contribution is -2.41. The minimum absolute atomic E-state index is 0.109. The second-order valence-electron chi connectivity index (χ2n) is 7.12. The number of anilines is 1. The summed E-state index contributed by atoms with van der Waals surface area (Å²) in [5.74, 6) is 0. The van der Waals surface area contributed by atoms with Gasteiger partial charge in [0.2, 0.25) is 0 Å². The highest BCUT2D eigenvalue weighted by Gasteiger charge is 2.50. The fourth-order valence-corrected chi connectivity index (χ4v) is 4.09. The summed E-state index contributed by atoms with van der Waals surface area (Å²) in [6.45, 7) is 6.05. The number of nitrogens with zero attached hydrogens (tertiary/aromatic N) is 3. The molecule has 0 aromatic heterocycles. The third kappa shape index (κ3) is 5.88. The van der Waals surface area contributed by atoms with Gasteiger partial charge in [-0.05, 0) is 58.2 Å². The van der Waals surface area contributed by atoms with Crippen LogP contribution in [0.2, 0.25) is 5.02 Å². The highest BCUT2D eigenvalue weighted by molar-refractivity contribution is 7.93. The lowest BCUT2D eigenvalue weighted by atomic mass is 10.1. The first-order chi connectivity index (χ1) is 13.4. The molecule has 0 atom stereocenters. The molecule has 0 unspecified atom stereocenters. The highest BCUT2D eigenvalue weighted by Crippen LogP contribution is 2.34. The quantitative estimate of drug-likeness (QED) is 0.442. The van der Waals surface area contributed by atoms with Crippen LogP contribution < -0.4 is 4.31 Å². The second-order valence-corrected chi connectivity index (χ2v) is 9.41. The molecule has 1 saturated heterocycles. The number of sulfonamides is 1. The van der Waals surface area contributed by atoms with Crippen molar-refractivity contribution in [3.8, 4) is 0 Å². The molecule has 0 radical (unpaired) electrons. The monoisotopic (exact) mass is 451 g/mol. The van der Waals surface area contributed by atoms with E-state index in [9.17, 15) is 21.6 Å². The van der Waals surface area contributed by atoms with E-state index in [1.807, 2.05) is 5.01 Å². The number of hydrogen-bond acceptors (Lipinski definition) is 4. The Morgan fingerprint density at radius 2 is 1.83 bits per heavy atom. The van der Waals surface area contributed by atoms with Gasteiger partial charge in [0, 0.05) is 23.7 Å². The fraction of sp³-hybridized carbons (Fsp3) is 0.526. The maximum Gasteiger partial charge on any atom is 0.516 e. The number of allylic oxidation sites excluding steroid dienone is 1. The second kappa shape index (κ2) is 9.38. The standard InChI is InChI=1S/C19H25ClF3N3O2S/c1-14(2)9-12-26(29(27,28)19(21,22)23)18-8-7-16(20)13-17(18)15(3)24-25-10-5-4-6-11-25/h7-9,13H,4-6,10-12H2,1-3H3. The first kappa shape index (κ1) is 23.5. The molecule has 0 N–H and O–H groups in total. The van der Waals surface area contributed by atoms with Gasteiger partial charge in [0.1, 0.15) is 0 Å². The van der Waals surface area contributed by atoms with Gasteiger partial charge in [0.15, 0.2) is 0 Å². The molecule has 29 heavy (non-hydrogen) atoms. The van der Waals surface area contributed by atoms with E-state index >= 15 is 0 Å². The van der Waals surface area contributed by atoms with Crippen molar-refractivity contribution in [2.24, 2.45) is 5.10 Å². The Labute approximate surface area is 174 Å². The van der Waals surface area contributed by atoms with E-state index in [2.05, 4.69) is 5.10 Å². The summed E-state index contributed by atoms with van der Waals surface area (Å²) in [6, 6.07) is 4.10. The van der Waals surface area contributed by atoms with Crippen molar-refractivity contribution in [2.45, 2.75) is 45.5 Å². The van der Waals surface area contributed by atoms with Crippen molar-refractivity contribution in [2.75, 3.05) is 23.9 Å². The Morgan fingerprint density at radius 3 is 2.38 bits per heavy atom. The van der Waals surface area contributed by atoms with E-state index in [-0.39, 0.29) is 16.3 Å². The Kier molecular flexibility index (Phi) is 7.62. The first-order valence-electron chi connectivity index (χ1n) is 9.26. The molecule has 1 aliphatic rings. The maximum atomic E-state index is 13.4. The van der Waals surface area contributed by atoms with Gasteiger partial charge in [-0.3, -0.25) is 9.31 Å². The zero-order valence-corrected chi connectivity index (χ0v) is 18.2. The zero-order valence-electron chi connectivity index (χ0n) is 16.6. The Balaban J connectivity index is 2.59. The molecule has 2 rings (SSSR count). The minimum atomic E-state index is -5.61. The average Bonchev–Trinajstić information content (AvgIpc) is 2.62. The number of alkyl halides is 3. The van der Waals surface area contributed by atoms with E-state index in [1.165, 1.54) is 24.3 Å². The van der Waals surface area contributed by atoms with Gasteiger partial charge in [0.25, 0.3) is 0 Å². The zero-order chi connectivity index (χ0) is 21.8. The van der Waals surface area contributed by atoms with Crippen LogP contribution in [0.25, 0.3) is 0 Å². The van der Waals surface area contributed by atoms with Crippen LogP contribution in [0.1, 0.15) is 45.6 Å². The van der Waals surface area contributed by atoms with Crippen LogP contribution >= 0.6 is 11.6 Å². The maximum absolute atomic E-state index is 13.4. The molecule has 0 spiro atoms. The number of halogens is 4. The third-order valence-electron chi connectivity index (χ3n) is 4.49. The molecule has 1 aliphatic heterocycles. The summed E-state index contributed by atoms with van der Waals surface area (Å²) >= 11 is 6.07. The van der Waals surface area contributed by atoms with Crippen molar-refractivity contribution in [3.63, 3.8) is 0 Å². The van der Waals surface area contributed by atoms with E-state index in [4.69, 9.17) is 11.6 Å². The van der Waals surface area contributed by atoms with Crippen LogP contribution in [-0.2, 0) is 10.0 Å². The van der Waals surface area contributed by atoms with Gasteiger partial charge in [0.05, 0.1) is 17.9 Å². The van der Waals surface area contributed by atoms with Crippen molar-refractivity contribution in [3.05, 3.63) is 40.4 Å². The molecule has 1 aromatic rings. The molecular weight excluding hydrogens is 427 g/mol. The Morgan fingerprint density at radius 1 is 1.21 bits per heavy atom. The van der Waals surface area contributed by atoms with Gasteiger partial charge < -0.3 is 0 Å². The average molecular weight is 452 g/mol. The molecule has 0 aliphatic carbocycles. The summed E-state index contributed by atoms with van der Waals surface area (Å²) in [7, 11) is -5.61. The van der Waals surface area contributed by atoms with Gasteiger partial charge in [-0.2, -0.15) is 26.7 Å². The molecule has 1 heterocycles. The van der Waals surface area contributed by atoms with Crippen LogP contribution in [-0.4, -0.2) is 44.3 Å². The Hall–Kier alpha value is -1.74. The summed E-state index contributed by atoms with van der Waals surface area (Å²) in [4.78, 5) is 0. The highest BCUT2D eigenvalue weighted by atomic mass is 35.5. The molecule has 5 nitrogen and oxygen atoms in total. The molecule has 1 aromatic carbocycles. The van der Waals surface area contributed by atoms with Crippen LogP contribution in [0, 0.1) is 0 Å². The smallest absolute Gasteiger partial charge is 0.297 e. The summed E-state index contributed by atoms with van der Waals surface area (Å²) in [6.07, 6.45) is 4.50. The summed E-state index contributed by atoms with van der Waals surface area (Å²) in [5.41, 5.74) is -4.19. The number of hydrazone groups is 1. The van der Waals surface area contributed by atoms with E-state index in [0.717, 1.165) is 32.4 Å². The van der Waals surface area contributed by atoms with Gasteiger partial charge in [-0.1, -0.05) is 23.3 Å². The predicted molar refractivity (Wildman–Crippen MR) is 111 cm³/mol. The van der Waals surface area contributed by atoms with E-state index in [1.54, 1.807) is 20.8 Å². The van der Waals surface area contributed by atoms with Crippen LogP contribution in [0.5, 0.6) is 0 Å². The molecule has 0 amide bonds. The van der Waals surface area contributed by atoms with Crippen molar-refractivity contribution >= 4 is 33.0 Å². The van der Waals surface area contributed by atoms with Crippen LogP contribution in [0.15, 0.2) is 34.9 Å². The molecule has 1 fully saturated rings. The lowest BCUT2D eigenvalue weighted by Gasteiger charge is -2.28. The summed E-state index contributed by atoms with van der Waals surface area (Å²) in [5, 5.41) is 6.63. The van der Waals surface area contributed by atoms with Crippen LogP contribution in [0.3, 0.4) is 0 Å². The third-order valence-corrected chi connectivity index (χ3v) is 6.24. The number of benzene rings is 1. The van der Waals surface area contributed by atoms with Gasteiger partial charge in [-0.25, -0.2) is 0 Å². The van der Waals surface area contributed by atoms with Crippen molar-refractivity contribution in [1.82, 2.24) is 5.01 Å². The predicted octanol–water partition coefficient (Wildman–Crippen LogP) is 5.17. The first-order valence-corrected chi connectivity index (χ1v) is 11.1. The van der Waals surface area contributed by atoms with E-state index in [0.29, 0.717) is 15.6 Å². The largest absolute Gasteiger partial charge is 0.516 e.